The highest BCUT2D eigenvalue weighted by molar-refractivity contribution is 5.64. The Morgan fingerprint density at radius 2 is 1.65 bits per heavy atom. The summed E-state index contributed by atoms with van der Waals surface area (Å²) in [5, 5.41) is 10.7. The maximum atomic E-state index is 10.7. The van der Waals surface area contributed by atoms with E-state index in [-0.39, 0.29) is 10.8 Å². The molecule has 0 unspecified atom stereocenters. The van der Waals surface area contributed by atoms with Crippen LogP contribution in [-0.2, 0) is 10.8 Å². The molecule has 0 radical (unpaired) electrons. The van der Waals surface area contributed by atoms with E-state index in [0.717, 1.165) is 17.5 Å². The van der Waals surface area contributed by atoms with Gasteiger partial charge < -0.3 is 5.11 Å². The van der Waals surface area contributed by atoms with Crippen LogP contribution in [0.4, 0.5) is 0 Å². The number of hydrogen-bond donors (Lipinski definition) is 1. The summed E-state index contributed by atoms with van der Waals surface area (Å²) in [5.41, 5.74) is 4.53. The quantitative estimate of drug-likeness (QED) is 0.738. The second kappa shape index (κ2) is 5.63. The number of benzene rings is 1. The van der Waals surface area contributed by atoms with Crippen molar-refractivity contribution in [3.63, 3.8) is 0 Å². The van der Waals surface area contributed by atoms with Crippen molar-refractivity contribution in [2.24, 2.45) is 0 Å². The van der Waals surface area contributed by atoms with Crippen LogP contribution in [-0.4, -0.2) is 5.11 Å². The standard InChI is InChI=1S/C19H30O/c1-9-19(7,8)16-12-15(18(4,5)6)11-14(17(16)20)10-13(2)3/h10-12,20H,9H2,1-8H3. The van der Waals surface area contributed by atoms with E-state index in [1.807, 2.05) is 0 Å². The highest BCUT2D eigenvalue weighted by atomic mass is 16.3. The zero-order valence-corrected chi connectivity index (χ0v) is 14.4. The molecule has 0 aromatic heterocycles. The van der Waals surface area contributed by atoms with Crippen LogP contribution in [0.5, 0.6) is 5.75 Å². The molecule has 20 heavy (non-hydrogen) atoms. The highest BCUT2D eigenvalue weighted by Crippen LogP contribution is 2.40. The zero-order chi connectivity index (χ0) is 15.7. The lowest BCUT2D eigenvalue weighted by Gasteiger charge is -2.29. The van der Waals surface area contributed by atoms with Crippen molar-refractivity contribution in [1.29, 1.82) is 0 Å². The minimum atomic E-state index is -0.0183. The molecule has 0 atom stereocenters. The lowest BCUT2D eigenvalue weighted by atomic mass is 9.76. The van der Waals surface area contributed by atoms with Crippen LogP contribution in [0.1, 0.15) is 78.5 Å². The molecule has 0 heterocycles. The van der Waals surface area contributed by atoms with Gasteiger partial charge >= 0.3 is 0 Å². The van der Waals surface area contributed by atoms with E-state index in [2.05, 4.69) is 73.6 Å². The predicted molar refractivity (Wildman–Crippen MR) is 89.4 cm³/mol. The number of hydrogen-bond acceptors (Lipinski definition) is 1. The van der Waals surface area contributed by atoms with Crippen molar-refractivity contribution in [3.05, 3.63) is 34.4 Å². The molecule has 0 aliphatic carbocycles. The molecule has 1 heteroatoms. The van der Waals surface area contributed by atoms with Crippen LogP contribution < -0.4 is 0 Å². The van der Waals surface area contributed by atoms with Gasteiger partial charge in [-0.1, -0.05) is 59.3 Å². The van der Waals surface area contributed by atoms with Gasteiger partial charge in [0, 0.05) is 11.1 Å². The molecule has 1 N–H and O–H groups in total. The van der Waals surface area contributed by atoms with Gasteiger partial charge in [0.1, 0.15) is 5.75 Å². The second-order valence-corrected chi connectivity index (χ2v) is 7.67. The second-order valence-electron chi connectivity index (χ2n) is 7.67. The monoisotopic (exact) mass is 274 g/mol. The minimum absolute atomic E-state index is 0.0183. The van der Waals surface area contributed by atoms with Gasteiger partial charge in [0.15, 0.2) is 0 Å². The maximum Gasteiger partial charge on any atom is 0.126 e. The summed E-state index contributed by atoms with van der Waals surface area (Å²) in [6, 6.07) is 4.30. The summed E-state index contributed by atoms with van der Waals surface area (Å²) in [7, 11) is 0. The summed E-state index contributed by atoms with van der Waals surface area (Å²) in [5.74, 6) is 0.436. The third-order valence-electron chi connectivity index (χ3n) is 4.06. The molecular formula is C19H30O. The van der Waals surface area contributed by atoms with Gasteiger partial charge in [-0.15, -0.1) is 0 Å². The van der Waals surface area contributed by atoms with Crippen LogP contribution in [0, 0.1) is 0 Å². The first kappa shape index (κ1) is 16.8. The molecule has 0 fully saturated rings. The fourth-order valence-electron chi connectivity index (χ4n) is 2.22. The number of phenols is 1. The SMILES string of the molecule is CCC(C)(C)c1cc(C(C)(C)C)cc(C=C(C)C)c1O. The van der Waals surface area contributed by atoms with Crippen molar-refractivity contribution in [2.45, 2.75) is 72.6 Å². The smallest absolute Gasteiger partial charge is 0.126 e. The zero-order valence-electron chi connectivity index (χ0n) is 14.4. The van der Waals surface area contributed by atoms with Crippen LogP contribution in [0.2, 0.25) is 0 Å². The van der Waals surface area contributed by atoms with Crippen molar-refractivity contribution < 1.29 is 5.11 Å². The topological polar surface area (TPSA) is 20.2 Å². The van der Waals surface area contributed by atoms with Gasteiger partial charge in [0.05, 0.1) is 0 Å². The van der Waals surface area contributed by atoms with E-state index in [1.165, 1.54) is 11.1 Å². The number of phenolic OH excluding ortho intramolecular Hbond substituents is 1. The van der Waals surface area contributed by atoms with Crippen LogP contribution in [0.15, 0.2) is 17.7 Å². The molecule has 1 aromatic carbocycles. The third-order valence-corrected chi connectivity index (χ3v) is 4.06. The molecule has 0 saturated carbocycles. The molecule has 1 nitrogen and oxygen atoms in total. The summed E-state index contributed by atoms with van der Waals surface area (Å²) in [4.78, 5) is 0. The predicted octanol–water partition coefficient (Wildman–Crippen LogP) is 5.80. The van der Waals surface area contributed by atoms with Gasteiger partial charge in [-0.05, 0) is 42.7 Å². The van der Waals surface area contributed by atoms with Crippen LogP contribution in [0.3, 0.4) is 0 Å². The lowest BCUT2D eigenvalue weighted by molar-refractivity contribution is 0.425. The molecule has 112 valence electrons. The summed E-state index contributed by atoms with van der Waals surface area (Å²) in [6.07, 6.45) is 3.07. The Bertz CT molecular complexity index is 509. The Kier molecular flexibility index (Phi) is 4.74. The van der Waals surface area contributed by atoms with Crippen molar-refractivity contribution >= 4 is 6.08 Å². The fraction of sp³-hybridized carbons (Fsp3) is 0.579. The van der Waals surface area contributed by atoms with Crippen molar-refractivity contribution in [3.8, 4) is 5.75 Å². The molecule has 1 rings (SSSR count). The third kappa shape index (κ3) is 3.65. The van der Waals surface area contributed by atoms with E-state index in [4.69, 9.17) is 0 Å². The summed E-state index contributed by atoms with van der Waals surface area (Å²) < 4.78 is 0. The fourth-order valence-corrected chi connectivity index (χ4v) is 2.22. The van der Waals surface area contributed by atoms with E-state index < -0.39 is 0 Å². The van der Waals surface area contributed by atoms with Crippen LogP contribution in [0.25, 0.3) is 6.08 Å². The average Bonchev–Trinajstić information content (AvgIpc) is 2.29. The Balaban J connectivity index is 3.64. The van der Waals surface area contributed by atoms with E-state index in [1.54, 1.807) is 0 Å². The van der Waals surface area contributed by atoms with Gasteiger partial charge in [-0.25, -0.2) is 0 Å². The van der Waals surface area contributed by atoms with E-state index in [0.29, 0.717) is 5.75 Å². The highest BCUT2D eigenvalue weighted by Gasteiger charge is 2.26. The Morgan fingerprint density at radius 1 is 1.10 bits per heavy atom. The first-order chi connectivity index (χ1) is 8.99. The Hall–Kier alpha value is -1.24. The van der Waals surface area contributed by atoms with E-state index >= 15 is 0 Å². The van der Waals surface area contributed by atoms with Crippen LogP contribution >= 0.6 is 0 Å². The number of aromatic hydroxyl groups is 1. The molecule has 0 spiro atoms. The number of allylic oxidation sites excluding steroid dienone is 1. The van der Waals surface area contributed by atoms with Gasteiger partial charge in [-0.2, -0.15) is 0 Å². The minimum Gasteiger partial charge on any atom is -0.507 e. The molecule has 1 aromatic rings. The molecule has 0 bridgehead atoms. The maximum absolute atomic E-state index is 10.7. The van der Waals surface area contributed by atoms with Gasteiger partial charge in [0.25, 0.3) is 0 Å². The lowest BCUT2D eigenvalue weighted by Crippen LogP contribution is -2.19. The largest absolute Gasteiger partial charge is 0.507 e. The molecular weight excluding hydrogens is 244 g/mol. The molecule has 0 aliphatic rings. The first-order valence-corrected chi connectivity index (χ1v) is 7.52. The van der Waals surface area contributed by atoms with Crippen molar-refractivity contribution in [1.82, 2.24) is 0 Å². The summed E-state index contributed by atoms with van der Waals surface area (Å²) >= 11 is 0. The summed E-state index contributed by atoms with van der Waals surface area (Å²) in [6.45, 7) is 17.3. The average molecular weight is 274 g/mol. The van der Waals surface area contributed by atoms with Gasteiger partial charge in [-0.3, -0.25) is 0 Å². The molecule has 0 amide bonds. The number of rotatable bonds is 3. The molecule has 0 saturated heterocycles. The van der Waals surface area contributed by atoms with Crippen molar-refractivity contribution in [2.75, 3.05) is 0 Å². The van der Waals surface area contributed by atoms with Gasteiger partial charge in [0.2, 0.25) is 0 Å². The Morgan fingerprint density at radius 3 is 2.05 bits per heavy atom. The normalized spacial score (nSPS) is 12.4. The molecule has 0 aliphatic heterocycles. The first-order valence-electron chi connectivity index (χ1n) is 7.52. The Labute approximate surface area is 124 Å². The van der Waals surface area contributed by atoms with E-state index in [9.17, 15) is 5.11 Å².